The summed E-state index contributed by atoms with van der Waals surface area (Å²) in [6.45, 7) is 7.65. The molecule has 0 atom stereocenters. The molecule has 20 heavy (non-hydrogen) atoms. The van der Waals surface area contributed by atoms with Gasteiger partial charge in [0.2, 0.25) is 0 Å². The van der Waals surface area contributed by atoms with Crippen molar-refractivity contribution in [2.45, 2.75) is 58.9 Å². The zero-order valence-corrected chi connectivity index (χ0v) is 13.4. The lowest BCUT2D eigenvalue weighted by molar-refractivity contribution is -0.138. The molecule has 0 saturated heterocycles. The van der Waals surface area contributed by atoms with Crippen LogP contribution in [-0.4, -0.2) is 22.5 Å². The SMILES string of the molecule is CCCc1sc(C(=O)NC(C)(C)CC(=O)O)cc1CC. The number of rotatable bonds is 7. The molecular weight excluding hydrogens is 274 g/mol. The number of carboxylic acid groups (broad SMARTS) is 1. The van der Waals surface area contributed by atoms with Gasteiger partial charge in [-0.05, 0) is 38.3 Å². The van der Waals surface area contributed by atoms with Gasteiger partial charge in [-0.25, -0.2) is 0 Å². The van der Waals surface area contributed by atoms with Crippen molar-refractivity contribution in [3.63, 3.8) is 0 Å². The fraction of sp³-hybridized carbons (Fsp3) is 0.600. The minimum absolute atomic E-state index is 0.0907. The topological polar surface area (TPSA) is 66.4 Å². The monoisotopic (exact) mass is 297 g/mol. The lowest BCUT2D eigenvalue weighted by Crippen LogP contribution is -2.44. The van der Waals surface area contributed by atoms with E-state index in [2.05, 4.69) is 19.2 Å². The molecule has 0 aliphatic rings. The number of carbonyl (C=O) groups excluding carboxylic acids is 1. The molecule has 0 aliphatic heterocycles. The Morgan fingerprint density at radius 2 is 2.00 bits per heavy atom. The van der Waals surface area contributed by atoms with E-state index in [1.54, 1.807) is 13.8 Å². The van der Waals surface area contributed by atoms with Crippen LogP contribution >= 0.6 is 11.3 Å². The molecule has 1 heterocycles. The number of hydrogen-bond acceptors (Lipinski definition) is 3. The van der Waals surface area contributed by atoms with E-state index >= 15 is 0 Å². The predicted octanol–water partition coefficient (Wildman–Crippen LogP) is 3.25. The number of nitrogens with one attached hydrogen (secondary N) is 1. The summed E-state index contributed by atoms with van der Waals surface area (Å²) in [6, 6.07) is 1.93. The molecule has 1 amide bonds. The Balaban J connectivity index is 2.84. The van der Waals surface area contributed by atoms with Gasteiger partial charge in [-0.3, -0.25) is 9.59 Å². The van der Waals surface area contributed by atoms with E-state index in [9.17, 15) is 9.59 Å². The van der Waals surface area contributed by atoms with Gasteiger partial charge in [0.15, 0.2) is 0 Å². The van der Waals surface area contributed by atoms with Gasteiger partial charge in [-0.1, -0.05) is 20.3 Å². The second-order valence-electron chi connectivity index (χ2n) is 5.57. The molecule has 0 aromatic carbocycles. The zero-order valence-electron chi connectivity index (χ0n) is 12.6. The van der Waals surface area contributed by atoms with E-state index in [1.807, 2.05) is 6.07 Å². The first-order valence-electron chi connectivity index (χ1n) is 6.95. The van der Waals surface area contributed by atoms with Crippen LogP contribution in [0.15, 0.2) is 6.07 Å². The Bertz CT molecular complexity index is 491. The molecule has 1 rings (SSSR count). The van der Waals surface area contributed by atoms with Crippen molar-refractivity contribution in [1.82, 2.24) is 5.32 Å². The molecule has 0 spiro atoms. The summed E-state index contributed by atoms with van der Waals surface area (Å²) in [5.41, 5.74) is 0.475. The van der Waals surface area contributed by atoms with Crippen LogP contribution in [0.25, 0.3) is 0 Å². The summed E-state index contributed by atoms with van der Waals surface area (Å²) in [5, 5.41) is 11.6. The van der Waals surface area contributed by atoms with Crippen molar-refractivity contribution in [2.24, 2.45) is 0 Å². The van der Waals surface area contributed by atoms with Crippen LogP contribution in [0.3, 0.4) is 0 Å². The normalized spacial score (nSPS) is 11.4. The van der Waals surface area contributed by atoms with Crippen LogP contribution in [0.4, 0.5) is 0 Å². The van der Waals surface area contributed by atoms with Crippen LogP contribution < -0.4 is 5.32 Å². The van der Waals surface area contributed by atoms with Gasteiger partial charge in [0, 0.05) is 10.4 Å². The molecule has 1 aromatic heterocycles. The minimum Gasteiger partial charge on any atom is -0.481 e. The van der Waals surface area contributed by atoms with Crippen LogP contribution in [0.1, 0.15) is 60.6 Å². The van der Waals surface area contributed by atoms with Gasteiger partial charge >= 0.3 is 5.97 Å². The Hall–Kier alpha value is -1.36. The average molecular weight is 297 g/mol. The molecule has 0 saturated carbocycles. The number of hydrogen-bond donors (Lipinski definition) is 2. The molecule has 4 nitrogen and oxygen atoms in total. The van der Waals surface area contributed by atoms with Crippen molar-refractivity contribution in [3.05, 3.63) is 21.4 Å². The van der Waals surface area contributed by atoms with Gasteiger partial charge in [-0.2, -0.15) is 0 Å². The highest BCUT2D eigenvalue weighted by Gasteiger charge is 2.25. The van der Waals surface area contributed by atoms with E-state index in [-0.39, 0.29) is 12.3 Å². The quantitative estimate of drug-likeness (QED) is 0.812. The Kier molecular flexibility index (Phi) is 5.74. The number of thiophene rings is 1. The third-order valence-electron chi connectivity index (χ3n) is 3.02. The number of carbonyl (C=O) groups is 2. The summed E-state index contributed by atoms with van der Waals surface area (Å²) >= 11 is 1.52. The van der Waals surface area contributed by atoms with Gasteiger partial charge in [0.05, 0.1) is 11.3 Å². The van der Waals surface area contributed by atoms with Crippen molar-refractivity contribution in [3.8, 4) is 0 Å². The summed E-state index contributed by atoms with van der Waals surface area (Å²) in [7, 11) is 0. The largest absolute Gasteiger partial charge is 0.481 e. The standard InChI is InChI=1S/C15H23NO3S/c1-5-7-11-10(6-2)8-12(20-11)14(19)16-15(3,4)9-13(17)18/h8H,5-7,9H2,1-4H3,(H,16,19)(H,17,18). The molecule has 0 bridgehead atoms. The maximum atomic E-state index is 12.2. The molecule has 0 aliphatic carbocycles. The first-order valence-corrected chi connectivity index (χ1v) is 7.76. The molecule has 1 aromatic rings. The zero-order chi connectivity index (χ0) is 15.3. The summed E-state index contributed by atoms with van der Waals surface area (Å²) in [4.78, 5) is 24.9. The number of aryl methyl sites for hydroxylation is 2. The van der Waals surface area contributed by atoms with Crippen molar-refractivity contribution >= 4 is 23.2 Å². The fourth-order valence-corrected chi connectivity index (χ4v) is 3.36. The Morgan fingerprint density at radius 3 is 2.50 bits per heavy atom. The maximum absolute atomic E-state index is 12.2. The van der Waals surface area contributed by atoms with E-state index < -0.39 is 11.5 Å². The highest BCUT2D eigenvalue weighted by atomic mass is 32.1. The molecule has 0 unspecified atom stereocenters. The smallest absolute Gasteiger partial charge is 0.305 e. The summed E-state index contributed by atoms with van der Waals surface area (Å²) in [5.74, 6) is -1.10. The third kappa shape index (κ3) is 4.63. The molecule has 0 fully saturated rings. The molecule has 5 heteroatoms. The second-order valence-corrected chi connectivity index (χ2v) is 6.71. The molecule has 112 valence electrons. The van der Waals surface area contributed by atoms with E-state index in [0.717, 1.165) is 19.3 Å². The molecule has 2 N–H and O–H groups in total. The Morgan fingerprint density at radius 1 is 1.35 bits per heavy atom. The second kappa shape index (κ2) is 6.88. The van der Waals surface area contributed by atoms with E-state index in [1.165, 1.54) is 21.8 Å². The fourth-order valence-electron chi connectivity index (χ4n) is 2.11. The lowest BCUT2D eigenvalue weighted by Gasteiger charge is -2.23. The highest BCUT2D eigenvalue weighted by Crippen LogP contribution is 2.25. The lowest BCUT2D eigenvalue weighted by atomic mass is 10.0. The maximum Gasteiger partial charge on any atom is 0.305 e. The van der Waals surface area contributed by atoms with Gasteiger partial charge in [0.1, 0.15) is 0 Å². The van der Waals surface area contributed by atoms with Crippen LogP contribution in [0.5, 0.6) is 0 Å². The average Bonchev–Trinajstić information content (AvgIpc) is 2.70. The first kappa shape index (κ1) is 16.7. The summed E-state index contributed by atoms with van der Waals surface area (Å²) in [6.07, 6.45) is 2.86. The van der Waals surface area contributed by atoms with Crippen LogP contribution in [0, 0.1) is 0 Å². The first-order chi connectivity index (χ1) is 9.29. The highest BCUT2D eigenvalue weighted by molar-refractivity contribution is 7.14. The van der Waals surface area contributed by atoms with E-state index in [0.29, 0.717) is 4.88 Å². The van der Waals surface area contributed by atoms with Gasteiger partial charge in [-0.15, -0.1) is 11.3 Å². The van der Waals surface area contributed by atoms with E-state index in [4.69, 9.17) is 5.11 Å². The third-order valence-corrected chi connectivity index (χ3v) is 4.26. The van der Waals surface area contributed by atoms with Crippen molar-refractivity contribution in [2.75, 3.05) is 0 Å². The summed E-state index contributed by atoms with van der Waals surface area (Å²) < 4.78 is 0. The van der Waals surface area contributed by atoms with Gasteiger partial charge in [0.25, 0.3) is 5.91 Å². The predicted molar refractivity (Wildman–Crippen MR) is 81.5 cm³/mol. The minimum atomic E-state index is -0.914. The van der Waals surface area contributed by atoms with Crippen LogP contribution in [-0.2, 0) is 17.6 Å². The number of amides is 1. The Labute approximate surface area is 124 Å². The molecular formula is C15H23NO3S. The van der Waals surface area contributed by atoms with Crippen molar-refractivity contribution in [1.29, 1.82) is 0 Å². The molecule has 0 radical (unpaired) electrons. The van der Waals surface area contributed by atoms with Gasteiger partial charge < -0.3 is 10.4 Å². The number of aliphatic carboxylic acids is 1. The number of carboxylic acids is 1. The van der Waals surface area contributed by atoms with Crippen molar-refractivity contribution < 1.29 is 14.7 Å². The van der Waals surface area contributed by atoms with Crippen LogP contribution in [0.2, 0.25) is 0 Å².